The van der Waals surface area contributed by atoms with Gasteiger partial charge in [0, 0.05) is 18.3 Å². The van der Waals surface area contributed by atoms with Crippen molar-refractivity contribution in [2.24, 2.45) is 5.92 Å². The van der Waals surface area contributed by atoms with Crippen LogP contribution < -0.4 is 5.32 Å². The van der Waals surface area contributed by atoms with E-state index in [1.807, 2.05) is 26.1 Å². The van der Waals surface area contributed by atoms with Gasteiger partial charge >= 0.3 is 6.09 Å². The standard InChI is InChI=1S/C15H22N2O3/c1-3-11(2)20-10-17-15(18)19-9-12-6-13-4-5-16-8-14(13)7-12/h4-5,8,11-12H,3,6-7,9-10H2,1-2H3,(H,17,18). The molecule has 1 aliphatic rings. The third-order valence-corrected chi connectivity index (χ3v) is 3.63. The molecule has 2 unspecified atom stereocenters. The smallest absolute Gasteiger partial charge is 0.408 e. The lowest BCUT2D eigenvalue weighted by molar-refractivity contribution is 0.0441. The summed E-state index contributed by atoms with van der Waals surface area (Å²) >= 11 is 0. The molecule has 0 fully saturated rings. The normalized spacial score (nSPS) is 18.4. The Morgan fingerprint density at radius 2 is 2.30 bits per heavy atom. The molecule has 0 saturated heterocycles. The van der Waals surface area contributed by atoms with Gasteiger partial charge in [0.1, 0.15) is 6.73 Å². The van der Waals surface area contributed by atoms with Gasteiger partial charge in [0.15, 0.2) is 0 Å². The van der Waals surface area contributed by atoms with Gasteiger partial charge in [0.2, 0.25) is 0 Å². The highest BCUT2D eigenvalue weighted by Gasteiger charge is 2.22. The maximum absolute atomic E-state index is 11.5. The zero-order chi connectivity index (χ0) is 14.4. The maximum Gasteiger partial charge on any atom is 0.408 e. The average Bonchev–Trinajstić information content (AvgIpc) is 2.87. The van der Waals surface area contributed by atoms with Gasteiger partial charge in [-0.2, -0.15) is 0 Å². The topological polar surface area (TPSA) is 60.5 Å². The highest BCUT2D eigenvalue weighted by molar-refractivity contribution is 5.66. The summed E-state index contributed by atoms with van der Waals surface area (Å²) in [5, 5.41) is 2.60. The summed E-state index contributed by atoms with van der Waals surface area (Å²) in [6.07, 6.45) is 6.24. The first-order valence-corrected chi connectivity index (χ1v) is 7.13. The van der Waals surface area contributed by atoms with E-state index in [2.05, 4.69) is 10.3 Å². The number of hydrogen-bond donors (Lipinski definition) is 1. The quantitative estimate of drug-likeness (QED) is 0.811. The van der Waals surface area contributed by atoms with E-state index in [9.17, 15) is 4.79 Å². The molecule has 1 aliphatic carbocycles. The Morgan fingerprint density at radius 3 is 3.05 bits per heavy atom. The summed E-state index contributed by atoms with van der Waals surface area (Å²) in [6, 6.07) is 2.04. The lowest BCUT2D eigenvalue weighted by Crippen LogP contribution is -2.30. The van der Waals surface area contributed by atoms with E-state index in [0.29, 0.717) is 12.5 Å². The van der Waals surface area contributed by atoms with Crippen molar-refractivity contribution >= 4 is 6.09 Å². The molecule has 1 amide bonds. The number of nitrogens with zero attached hydrogens (tertiary/aromatic N) is 1. The summed E-state index contributed by atoms with van der Waals surface area (Å²) in [5.41, 5.74) is 2.58. The Morgan fingerprint density at radius 1 is 1.50 bits per heavy atom. The van der Waals surface area contributed by atoms with Crippen LogP contribution in [0.15, 0.2) is 18.5 Å². The minimum Gasteiger partial charge on any atom is -0.449 e. The van der Waals surface area contributed by atoms with Gasteiger partial charge in [-0.25, -0.2) is 4.79 Å². The number of ether oxygens (including phenoxy) is 2. The fourth-order valence-electron chi connectivity index (χ4n) is 2.26. The predicted molar refractivity (Wildman–Crippen MR) is 75.3 cm³/mol. The van der Waals surface area contributed by atoms with Crippen molar-refractivity contribution < 1.29 is 14.3 Å². The molecule has 1 N–H and O–H groups in total. The van der Waals surface area contributed by atoms with Crippen LogP contribution in [0.5, 0.6) is 0 Å². The average molecular weight is 278 g/mol. The lowest BCUT2D eigenvalue weighted by Gasteiger charge is -2.13. The molecule has 0 radical (unpaired) electrons. The molecule has 2 rings (SSSR count). The fourth-order valence-corrected chi connectivity index (χ4v) is 2.26. The van der Waals surface area contributed by atoms with Gasteiger partial charge in [0.05, 0.1) is 12.7 Å². The van der Waals surface area contributed by atoms with Crippen LogP contribution in [0, 0.1) is 5.92 Å². The van der Waals surface area contributed by atoms with Crippen LogP contribution in [0.4, 0.5) is 4.79 Å². The molecule has 110 valence electrons. The first-order valence-electron chi connectivity index (χ1n) is 7.13. The molecular formula is C15H22N2O3. The molecule has 2 atom stereocenters. The van der Waals surface area contributed by atoms with Gasteiger partial charge in [-0.15, -0.1) is 0 Å². The lowest BCUT2D eigenvalue weighted by atomic mass is 10.1. The molecule has 5 nitrogen and oxygen atoms in total. The van der Waals surface area contributed by atoms with E-state index in [-0.39, 0.29) is 12.8 Å². The number of hydrogen-bond acceptors (Lipinski definition) is 4. The number of aromatic nitrogens is 1. The third-order valence-electron chi connectivity index (χ3n) is 3.63. The van der Waals surface area contributed by atoms with Crippen molar-refractivity contribution in [3.63, 3.8) is 0 Å². The first kappa shape index (κ1) is 14.8. The van der Waals surface area contributed by atoms with Crippen LogP contribution in [-0.2, 0) is 22.3 Å². The van der Waals surface area contributed by atoms with Crippen LogP contribution in [0.25, 0.3) is 0 Å². The molecule has 1 aromatic rings. The highest BCUT2D eigenvalue weighted by Crippen LogP contribution is 2.25. The zero-order valence-corrected chi connectivity index (χ0v) is 12.1. The van der Waals surface area contributed by atoms with Crippen LogP contribution in [0.2, 0.25) is 0 Å². The van der Waals surface area contributed by atoms with Crippen LogP contribution in [-0.4, -0.2) is 30.5 Å². The molecule has 0 aromatic carbocycles. The number of amides is 1. The second kappa shape index (κ2) is 7.24. The predicted octanol–water partition coefficient (Wildman–Crippen LogP) is 2.30. The molecule has 0 aliphatic heterocycles. The number of rotatable bonds is 6. The molecule has 0 spiro atoms. The molecule has 5 heteroatoms. The van der Waals surface area contributed by atoms with Crippen LogP contribution in [0.3, 0.4) is 0 Å². The van der Waals surface area contributed by atoms with Crippen molar-refractivity contribution in [2.75, 3.05) is 13.3 Å². The summed E-state index contributed by atoms with van der Waals surface area (Å²) in [6.45, 7) is 4.64. The van der Waals surface area contributed by atoms with Gasteiger partial charge < -0.3 is 9.47 Å². The molecular weight excluding hydrogens is 256 g/mol. The molecule has 1 aromatic heterocycles. The van der Waals surface area contributed by atoms with Crippen molar-refractivity contribution in [3.05, 3.63) is 29.6 Å². The van der Waals surface area contributed by atoms with Gasteiger partial charge in [-0.1, -0.05) is 6.92 Å². The summed E-state index contributed by atoms with van der Waals surface area (Å²) < 4.78 is 10.6. The second-order valence-electron chi connectivity index (χ2n) is 5.22. The van der Waals surface area contributed by atoms with E-state index < -0.39 is 6.09 Å². The molecule has 20 heavy (non-hydrogen) atoms. The Labute approximate surface area is 119 Å². The highest BCUT2D eigenvalue weighted by atomic mass is 16.6. The molecule has 0 bridgehead atoms. The Hall–Kier alpha value is -1.62. The number of fused-ring (bicyclic) bond motifs is 1. The van der Waals surface area contributed by atoms with Crippen molar-refractivity contribution in [3.8, 4) is 0 Å². The van der Waals surface area contributed by atoms with Crippen LogP contribution >= 0.6 is 0 Å². The van der Waals surface area contributed by atoms with E-state index >= 15 is 0 Å². The van der Waals surface area contributed by atoms with Crippen LogP contribution in [0.1, 0.15) is 31.4 Å². The Bertz CT molecular complexity index is 425. The van der Waals surface area contributed by atoms with Crippen molar-refractivity contribution in [2.45, 2.75) is 39.2 Å². The maximum atomic E-state index is 11.5. The number of nitrogens with one attached hydrogen (secondary N) is 1. The first-order chi connectivity index (χ1) is 9.69. The minimum atomic E-state index is -0.414. The van der Waals surface area contributed by atoms with Crippen molar-refractivity contribution in [1.82, 2.24) is 10.3 Å². The van der Waals surface area contributed by atoms with E-state index in [4.69, 9.17) is 9.47 Å². The monoisotopic (exact) mass is 278 g/mol. The second-order valence-corrected chi connectivity index (χ2v) is 5.22. The van der Waals surface area contributed by atoms with Gasteiger partial charge in [0.25, 0.3) is 0 Å². The molecule has 0 saturated carbocycles. The summed E-state index contributed by atoms with van der Waals surface area (Å²) in [5.74, 6) is 0.357. The van der Waals surface area contributed by atoms with E-state index in [1.54, 1.807) is 6.20 Å². The number of carbonyl (C=O) groups is 1. The van der Waals surface area contributed by atoms with Crippen molar-refractivity contribution in [1.29, 1.82) is 0 Å². The zero-order valence-electron chi connectivity index (χ0n) is 12.1. The number of pyridine rings is 1. The Kier molecular flexibility index (Phi) is 5.35. The number of carbonyl (C=O) groups excluding carboxylic acids is 1. The summed E-state index contributed by atoms with van der Waals surface area (Å²) in [7, 11) is 0. The van der Waals surface area contributed by atoms with Gasteiger partial charge in [-0.3, -0.25) is 10.3 Å². The number of alkyl carbamates (subject to hydrolysis) is 1. The van der Waals surface area contributed by atoms with E-state index in [1.165, 1.54) is 11.1 Å². The Balaban J connectivity index is 1.63. The fraction of sp³-hybridized carbons (Fsp3) is 0.600. The summed E-state index contributed by atoms with van der Waals surface area (Å²) in [4.78, 5) is 15.6. The van der Waals surface area contributed by atoms with Gasteiger partial charge in [-0.05, 0) is 43.4 Å². The minimum absolute atomic E-state index is 0.145. The molecule has 1 heterocycles. The third kappa shape index (κ3) is 4.20. The largest absolute Gasteiger partial charge is 0.449 e. The SMILES string of the molecule is CCC(C)OCNC(=O)OCC1Cc2ccncc2C1. The van der Waals surface area contributed by atoms with E-state index in [0.717, 1.165) is 19.3 Å².